The van der Waals surface area contributed by atoms with Crippen molar-refractivity contribution in [3.8, 4) is 11.5 Å². The Labute approximate surface area is 113 Å². The maximum absolute atomic E-state index is 10.6. The minimum Gasteiger partial charge on any atom is -0.497 e. The van der Waals surface area contributed by atoms with E-state index in [1.54, 1.807) is 14.2 Å². The Balaban J connectivity index is 2.84. The fraction of sp³-hybridized carbons (Fsp3) is 0.500. The van der Waals surface area contributed by atoms with E-state index >= 15 is 0 Å². The first kappa shape index (κ1) is 15.3. The van der Waals surface area contributed by atoms with E-state index in [2.05, 4.69) is 0 Å². The number of carboxylic acid groups (broad SMARTS) is 1. The molecule has 0 radical (unpaired) electrons. The molecular formula is C14H21NO4. The van der Waals surface area contributed by atoms with Crippen LogP contribution in [0.5, 0.6) is 11.5 Å². The second-order valence-corrected chi connectivity index (χ2v) is 4.51. The van der Waals surface area contributed by atoms with Gasteiger partial charge in [-0.25, -0.2) is 0 Å². The van der Waals surface area contributed by atoms with Gasteiger partial charge in [0.15, 0.2) is 0 Å². The second kappa shape index (κ2) is 6.99. The zero-order valence-corrected chi connectivity index (χ0v) is 11.9. The topological polar surface area (TPSA) is 59.0 Å². The molecule has 0 aliphatic carbocycles. The van der Waals surface area contributed by atoms with Gasteiger partial charge in [0.1, 0.15) is 11.5 Å². The number of carbonyl (C=O) groups is 1. The smallest absolute Gasteiger partial charge is 0.304 e. The van der Waals surface area contributed by atoms with Gasteiger partial charge in [0.05, 0.1) is 20.6 Å². The molecular weight excluding hydrogens is 246 g/mol. The summed E-state index contributed by atoms with van der Waals surface area (Å²) in [5.41, 5.74) is 2.12. The summed E-state index contributed by atoms with van der Waals surface area (Å²) in [6.07, 6.45) is 0.133. The Hall–Kier alpha value is -1.75. The Bertz CT molecular complexity index is 445. The van der Waals surface area contributed by atoms with Crippen molar-refractivity contribution in [3.05, 3.63) is 23.3 Å². The van der Waals surface area contributed by atoms with Gasteiger partial charge < -0.3 is 19.5 Å². The van der Waals surface area contributed by atoms with Crippen LogP contribution in [0.4, 0.5) is 0 Å². The summed E-state index contributed by atoms with van der Waals surface area (Å²) < 4.78 is 10.6. The minimum absolute atomic E-state index is 0.133. The van der Waals surface area contributed by atoms with Crippen molar-refractivity contribution in [1.29, 1.82) is 0 Å². The predicted octanol–water partition coefficient (Wildman–Crippen LogP) is 1.92. The zero-order chi connectivity index (χ0) is 14.4. The molecule has 5 nitrogen and oxygen atoms in total. The van der Waals surface area contributed by atoms with Crippen LogP contribution in [0.15, 0.2) is 12.1 Å². The van der Waals surface area contributed by atoms with Gasteiger partial charge in [-0.15, -0.1) is 0 Å². The molecule has 0 heterocycles. The third kappa shape index (κ3) is 4.44. The molecule has 1 rings (SSSR count). The summed E-state index contributed by atoms with van der Waals surface area (Å²) in [7, 11) is 5.13. The van der Waals surface area contributed by atoms with Crippen LogP contribution in [-0.2, 0) is 11.3 Å². The van der Waals surface area contributed by atoms with Gasteiger partial charge in [0.25, 0.3) is 0 Å². The van der Waals surface area contributed by atoms with Crippen molar-refractivity contribution in [2.45, 2.75) is 19.9 Å². The fourth-order valence-corrected chi connectivity index (χ4v) is 1.89. The number of hydrogen-bond acceptors (Lipinski definition) is 4. The molecule has 5 heteroatoms. The van der Waals surface area contributed by atoms with E-state index in [9.17, 15) is 4.79 Å². The highest BCUT2D eigenvalue weighted by Gasteiger charge is 2.12. The highest BCUT2D eigenvalue weighted by Crippen LogP contribution is 2.29. The van der Waals surface area contributed by atoms with Gasteiger partial charge in [-0.05, 0) is 25.6 Å². The van der Waals surface area contributed by atoms with Crippen LogP contribution in [0.2, 0.25) is 0 Å². The van der Waals surface area contributed by atoms with Crippen molar-refractivity contribution in [3.63, 3.8) is 0 Å². The number of carboxylic acids is 1. The summed E-state index contributed by atoms with van der Waals surface area (Å²) in [4.78, 5) is 12.5. The molecule has 0 aliphatic rings. The monoisotopic (exact) mass is 267 g/mol. The first-order valence-corrected chi connectivity index (χ1v) is 6.09. The number of nitrogens with zero attached hydrogens (tertiary/aromatic N) is 1. The van der Waals surface area contributed by atoms with Crippen molar-refractivity contribution in [2.24, 2.45) is 0 Å². The van der Waals surface area contributed by atoms with Crippen LogP contribution < -0.4 is 9.47 Å². The zero-order valence-electron chi connectivity index (χ0n) is 11.9. The lowest BCUT2D eigenvalue weighted by Crippen LogP contribution is -2.22. The van der Waals surface area contributed by atoms with Gasteiger partial charge in [0, 0.05) is 24.7 Å². The van der Waals surface area contributed by atoms with Crippen LogP contribution in [0.25, 0.3) is 0 Å². The van der Waals surface area contributed by atoms with Crippen LogP contribution in [0.3, 0.4) is 0 Å². The number of methoxy groups -OCH3 is 2. The summed E-state index contributed by atoms with van der Waals surface area (Å²) >= 11 is 0. The maximum atomic E-state index is 10.6. The van der Waals surface area contributed by atoms with Crippen molar-refractivity contribution in [1.82, 2.24) is 4.90 Å². The Kier molecular flexibility index (Phi) is 5.63. The third-order valence-electron chi connectivity index (χ3n) is 3.00. The minimum atomic E-state index is -0.787. The highest BCUT2D eigenvalue weighted by atomic mass is 16.5. The molecule has 0 spiro atoms. The normalized spacial score (nSPS) is 10.6. The van der Waals surface area contributed by atoms with Gasteiger partial charge in [-0.3, -0.25) is 4.79 Å². The lowest BCUT2D eigenvalue weighted by Gasteiger charge is -2.20. The van der Waals surface area contributed by atoms with Gasteiger partial charge in [-0.1, -0.05) is 0 Å². The first-order chi connectivity index (χ1) is 8.97. The standard InChI is InChI=1S/C14H21NO4/c1-10-7-11(18-3)8-13(19-4)12(10)9-15(2)6-5-14(16)17/h7-8H,5-6,9H2,1-4H3,(H,16,17). The Morgan fingerprint density at radius 1 is 1.32 bits per heavy atom. The number of hydrogen-bond donors (Lipinski definition) is 1. The van der Waals surface area contributed by atoms with E-state index in [1.807, 2.05) is 31.0 Å². The average Bonchev–Trinajstić information content (AvgIpc) is 2.38. The average molecular weight is 267 g/mol. The molecule has 19 heavy (non-hydrogen) atoms. The lowest BCUT2D eigenvalue weighted by atomic mass is 10.1. The van der Waals surface area contributed by atoms with E-state index in [0.717, 1.165) is 22.6 Å². The fourth-order valence-electron chi connectivity index (χ4n) is 1.89. The molecule has 0 amide bonds. The molecule has 0 saturated carbocycles. The first-order valence-electron chi connectivity index (χ1n) is 6.09. The molecule has 1 aromatic rings. The van der Waals surface area contributed by atoms with Crippen molar-refractivity contribution in [2.75, 3.05) is 27.8 Å². The lowest BCUT2D eigenvalue weighted by molar-refractivity contribution is -0.137. The number of ether oxygens (including phenoxy) is 2. The number of benzene rings is 1. The number of aryl methyl sites for hydroxylation is 1. The van der Waals surface area contributed by atoms with Crippen LogP contribution in [0.1, 0.15) is 17.5 Å². The molecule has 0 unspecified atom stereocenters. The van der Waals surface area contributed by atoms with Gasteiger partial charge in [0.2, 0.25) is 0 Å². The Morgan fingerprint density at radius 2 is 2.00 bits per heavy atom. The summed E-state index contributed by atoms with van der Waals surface area (Å²) in [5.74, 6) is 0.732. The Morgan fingerprint density at radius 3 is 2.53 bits per heavy atom. The van der Waals surface area contributed by atoms with E-state index in [4.69, 9.17) is 14.6 Å². The van der Waals surface area contributed by atoms with Crippen molar-refractivity contribution < 1.29 is 19.4 Å². The molecule has 106 valence electrons. The molecule has 0 aromatic heterocycles. The van der Waals surface area contributed by atoms with E-state index in [-0.39, 0.29) is 6.42 Å². The van der Waals surface area contributed by atoms with Crippen LogP contribution >= 0.6 is 0 Å². The molecule has 0 bridgehead atoms. The second-order valence-electron chi connectivity index (χ2n) is 4.51. The number of aliphatic carboxylic acids is 1. The largest absolute Gasteiger partial charge is 0.497 e. The summed E-state index contributed by atoms with van der Waals surface area (Å²) in [6.45, 7) is 3.14. The highest BCUT2D eigenvalue weighted by molar-refractivity contribution is 5.66. The summed E-state index contributed by atoms with van der Waals surface area (Å²) in [6, 6.07) is 3.79. The van der Waals surface area contributed by atoms with E-state index in [1.165, 1.54) is 0 Å². The van der Waals surface area contributed by atoms with E-state index in [0.29, 0.717) is 13.1 Å². The van der Waals surface area contributed by atoms with E-state index < -0.39 is 5.97 Å². The number of rotatable bonds is 7. The quantitative estimate of drug-likeness (QED) is 0.818. The molecule has 1 aromatic carbocycles. The third-order valence-corrected chi connectivity index (χ3v) is 3.00. The SMILES string of the molecule is COc1cc(C)c(CN(C)CCC(=O)O)c(OC)c1. The molecule has 1 N–H and O–H groups in total. The van der Waals surface area contributed by atoms with Crippen LogP contribution in [-0.4, -0.2) is 43.8 Å². The molecule has 0 saturated heterocycles. The van der Waals surface area contributed by atoms with Crippen LogP contribution in [0, 0.1) is 6.92 Å². The summed E-state index contributed by atoms with van der Waals surface area (Å²) in [5, 5.41) is 8.68. The molecule has 0 atom stereocenters. The van der Waals surface area contributed by atoms with Gasteiger partial charge in [-0.2, -0.15) is 0 Å². The molecule has 0 fully saturated rings. The van der Waals surface area contributed by atoms with Crippen molar-refractivity contribution >= 4 is 5.97 Å². The molecule has 0 aliphatic heterocycles. The predicted molar refractivity (Wildman–Crippen MR) is 72.9 cm³/mol. The van der Waals surface area contributed by atoms with Gasteiger partial charge >= 0.3 is 5.97 Å². The maximum Gasteiger partial charge on any atom is 0.304 e.